The fraction of sp³-hybridized carbons (Fsp3) is 0.300. The van der Waals surface area contributed by atoms with Crippen LogP contribution in [0.5, 0.6) is 0 Å². The molecule has 1 unspecified atom stereocenters. The molecule has 0 spiro atoms. The van der Waals surface area contributed by atoms with E-state index in [1.807, 2.05) is 0 Å². The van der Waals surface area contributed by atoms with Gasteiger partial charge >= 0.3 is 0 Å². The van der Waals surface area contributed by atoms with Gasteiger partial charge in [0.05, 0.1) is 17.4 Å². The first-order valence-electron chi connectivity index (χ1n) is 4.71. The third kappa shape index (κ3) is 3.66. The molecule has 1 atom stereocenters. The molecule has 0 fully saturated rings. The summed E-state index contributed by atoms with van der Waals surface area (Å²) in [5, 5.41) is 21.9. The molecule has 1 amide bonds. The van der Waals surface area contributed by atoms with Crippen molar-refractivity contribution in [2.45, 2.75) is 19.4 Å². The van der Waals surface area contributed by atoms with E-state index < -0.39 is 11.0 Å². The largest absolute Gasteiger partial charge is 0.393 e. The molecular weight excluding hydrogens is 212 g/mol. The SMILES string of the molecule is CC(O)CC(=O)Nc1ccc([N+](=O)[O-])cc1. The van der Waals surface area contributed by atoms with Gasteiger partial charge in [0.1, 0.15) is 0 Å². The van der Waals surface area contributed by atoms with E-state index in [-0.39, 0.29) is 18.0 Å². The first kappa shape index (κ1) is 12.1. The van der Waals surface area contributed by atoms with Crippen molar-refractivity contribution in [3.05, 3.63) is 34.4 Å². The minimum absolute atomic E-state index is 0.00299. The summed E-state index contributed by atoms with van der Waals surface area (Å²) in [6, 6.07) is 5.49. The van der Waals surface area contributed by atoms with Crippen molar-refractivity contribution < 1.29 is 14.8 Å². The molecular formula is C10H12N2O4. The molecule has 6 nitrogen and oxygen atoms in total. The minimum Gasteiger partial charge on any atom is -0.393 e. The van der Waals surface area contributed by atoms with Crippen LogP contribution in [-0.2, 0) is 4.79 Å². The van der Waals surface area contributed by atoms with Crippen LogP contribution in [0.3, 0.4) is 0 Å². The number of nitrogens with zero attached hydrogens (tertiary/aromatic N) is 1. The zero-order valence-electron chi connectivity index (χ0n) is 8.71. The number of carbonyl (C=O) groups is 1. The lowest BCUT2D eigenvalue weighted by Gasteiger charge is -2.06. The van der Waals surface area contributed by atoms with Gasteiger partial charge in [0.15, 0.2) is 0 Å². The van der Waals surface area contributed by atoms with Crippen LogP contribution in [0.25, 0.3) is 0 Å². The van der Waals surface area contributed by atoms with Gasteiger partial charge in [-0.2, -0.15) is 0 Å². The van der Waals surface area contributed by atoms with E-state index in [9.17, 15) is 14.9 Å². The van der Waals surface area contributed by atoms with Crippen LogP contribution in [0, 0.1) is 10.1 Å². The third-order valence-corrected chi connectivity index (χ3v) is 1.84. The summed E-state index contributed by atoms with van der Waals surface area (Å²) >= 11 is 0. The van der Waals surface area contributed by atoms with Gasteiger partial charge in [-0.3, -0.25) is 14.9 Å². The Morgan fingerprint density at radius 1 is 1.50 bits per heavy atom. The predicted octanol–water partition coefficient (Wildman–Crippen LogP) is 1.30. The monoisotopic (exact) mass is 224 g/mol. The Labute approximate surface area is 92.0 Å². The van der Waals surface area contributed by atoms with Gasteiger partial charge in [-0.25, -0.2) is 0 Å². The van der Waals surface area contributed by atoms with Gasteiger partial charge in [-0.15, -0.1) is 0 Å². The molecule has 86 valence electrons. The van der Waals surface area contributed by atoms with E-state index in [0.29, 0.717) is 5.69 Å². The zero-order chi connectivity index (χ0) is 12.1. The second-order valence-electron chi connectivity index (χ2n) is 3.41. The maximum atomic E-state index is 11.2. The number of nitro groups is 1. The molecule has 0 bridgehead atoms. The van der Waals surface area contributed by atoms with Crippen molar-refractivity contribution in [2.24, 2.45) is 0 Å². The Bertz CT molecular complexity index is 386. The van der Waals surface area contributed by atoms with Crippen LogP contribution in [0.15, 0.2) is 24.3 Å². The summed E-state index contributed by atoms with van der Waals surface area (Å²) in [7, 11) is 0. The van der Waals surface area contributed by atoms with Crippen molar-refractivity contribution in [3.8, 4) is 0 Å². The van der Waals surface area contributed by atoms with Crippen molar-refractivity contribution in [1.29, 1.82) is 0 Å². The topological polar surface area (TPSA) is 92.5 Å². The number of hydrogen-bond donors (Lipinski definition) is 2. The lowest BCUT2D eigenvalue weighted by atomic mass is 10.2. The summed E-state index contributed by atoms with van der Waals surface area (Å²) in [5.74, 6) is -0.330. The van der Waals surface area contributed by atoms with Crippen LogP contribution in [0.4, 0.5) is 11.4 Å². The molecule has 0 aliphatic rings. The molecule has 16 heavy (non-hydrogen) atoms. The molecule has 1 aromatic rings. The summed E-state index contributed by atoms with van der Waals surface area (Å²) < 4.78 is 0. The van der Waals surface area contributed by atoms with E-state index >= 15 is 0 Å². The summed E-state index contributed by atoms with van der Waals surface area (Å²) in [4.78, 5) is 21.1. The number of carbonyl (C=O) groups excluding carboxylic acids is 1. The van der Waals surface area contributed by atoms with Crippen LogP contribution in [-0.4, -0.2) is 22.0 Å². The molecule has 0 aliphatic carbocycles. The molecule has 2 N–H and O–H groups in total. The number of amides is 1. The van der Waals surface area contributed by atoms with E-state index in [1.165, 1.54) is 31.2 Å². The minimum atomic E-state index is -0.710. The Hall–Kier alpha value is -1.95. The van der Waals surface area contributed by atoms with Crippen molar-refractivity contribution in [3.63, 3.8) is 0 Å². The number of hydrogen-bond acceptors (Lipinski definition) is 4. The molecule has 0 saturated heterocycles. The number of aliphatic hydroxyl groups excluding tert-OH is 1. The van der Waals surface area contributed by atoms with Crippen molar-refractivity contribution in [2.75, 3.05) is 5.32 Å². The Morgan fingerprint density at radius 2 is 2.06 bits per heavy atom. The Morgan fingerprint density at radius 3 is 2.50 bits per heavy atom. The van der Waals surface area contributed by atoms with E-state index in [0.717, 1.165) is 0 Å². The highest BCUT2D eigenvalue weighted by atomic mass is 16.6. The summed E-state index contributed by atoms with van der Waals surface area (Å²) in [6.45, 7) is 1.51. The van der Waals surface area contributed by atoms with Crippen molar-refractivity contribution in [1.82, 2.24) is 0 Å². The average Bonchev–Trinajstić information content (AvgIpc) is 2.16. The van der Waals surface area contributed by atoms with Crippen LogP contribution >= 0.6 is 0 Å². The highest BCUT2D eigenvalue weighted by Crippen LogP contribution is 2.15. The number of non-ortho nitro benzene ring substituents is 1. The van der Waals surface area contributed by atoms with Gasteiger partial charge in [0, 0.05) is 17.8 Å². The Kier molecular flexibility index (Phi) is 3.96. The number of benzene rings is 1. The van der Waals surface area contributed by atoms with Gasteiger partial charge in [-0.1, -0.05) is 0 Å². The molecule has 1 rings (SSSR count). The molecule has 0 heterocycles. The van der Waals surface area contributed by atoms with E-state index in [1.54, 1.807) is 0 Å². The molecule has 0 aromatic heterocycles. The lowest BCUT2D eigenvalue weighted by molar-refractivity contribution is -0.384. The average molecular weight is 224 g/mol. The molecule has 6 heteroatoms. The second-order valence-corrected chi connectivity index (χ2v) is 3.41. The van der Waals surface area contributed by atoms with Crippen LogP contribution in [0.1, 0.15) is 13.3 Å². The van der Waals surface area contributed by atoms with Gasteiger partial charge in [-0.05, 0) is 19.1 Å². The quantitative estimate of drug-likeness (QED) is 0.595. The highest BCUT2D eigenvalue weighted by molar-refractivity contribution is 5.91. The Balaban J connectivity index is 2.62. The van der Waals surface area contributed by atoms with E-state index in [4.69, 9.17) is 5.11 Å². The van der Waals surface area contributed by atoms with Gasteiger partial charge < -0.3 is 10.4 Å². The summed E-state index contributed by atoms with van der Waals surface area (Å²) in [6.07, 6.45) is -0.713. The van der Waals surface area contributed by atoms with Gasteiger partial charge in [0.25, 0.3) is 5.69 Å². The predicted molar refractivity (Wildman–Crippen MR) is 58.0 cm³/mol. The maximum Gasteiger partial charge on any atom is 0.269 e. The van der Waals surface area contributed by atoms with Crippen LogP contribution < -0.4 is 5.32 Å². The van der Waals surface area contributed by atoms with Crippen molar-refractivity contribution >= 4 is 17.3 Å². The van der Waals surface area contributed by atoms with E-state index in [2.05, 4.69) is 5.32 Å². The standard InChI is InChI=1S/C10H12N2O4/c1-7(13)6-10(14)11-8-2-4-9(5-3-8)12(15)16/h2-5,7,13H,6H2,1H3,(H,11,14). The normalized spacial score (nSPS) is 11.9. The second kappa shape index (κ2) is 5.22. The number of aliphatic hydroxyl groups is 1. The number of nitrogens with one attached hydrogen (secondary N) is 1. The smallest absolute Gasteiger partial charge is 0.269 e. The summed E-state index contributed by atoms with van der Waals surface area (Å²) in [5.41, 5.74) is 0.435. The number of anilines is 1. The molecule has 0 aliphatic heterocycles. The first-order chi connectivity index (χ1) is 7.49. The van der Waals surface area contributed by atoms with Gasteiger partial charge in [0.2, 0.25) is 5.91 Å². The molecule has 1 aromatic carbocycles. The molecule has 0 radical (unpaired) electrons. The third-order valence-electron chi connectivity index (χ3n) is 1.84. The first-order valence-corrected chi connectivity index (χ1v) is 4.71. The highest BCUT2D eigenvalue weighted by Gasteiger charge is 2.08. The molecule has 0 saturated carbocycles. The maximum absolute atomic E-state index is 11.2. The van der Waals surface area contributed by atoms with Crippen LogP contribution in [0.2, 0.25) is 0 Å². The fourth-order valence-electron chi connectivity index (χ4n) is 1.15. The lowest BCUT2D eigenvalue weighted by Crippen LogP contribution is -2.17. The number of rotatable bonds is 4. The fourth-order valence-corrected chi connectivity index (χ4v) is 1.15. The number of nitro benzene ring substituents is 1. The zero-order valence-corrected chi connectivity index (χ0v) is 8.71.